The molecule has 0 aliphatic carbocycles. The Bertz CT molecular complexity index is 1130. The number of ether oxygens (including phenoxy) is 1. The van der Waals surface area contributed by atoms with Crippen LogP contribution >= 0.6 is 0 Å². The van der Waals surface area contributed by atoms with Crippen LogP contribution in [0.2, 0.25) is 0 Å². The Morgan fingerprint density at radius 2 is 1.21 bits per heavy atom. The van der Waals surface area contributed by atoms with E-state index in [1.54, 1.807) is 49.6 Å². The first kappa shape index (κ1) is 17.5. The van der Waals surface area contributed by atoms with E-state index in [1.165, 1.54) is 0 Å². The van der Waals surface area contributed by atoms with E-state index in [0.717, 1.165) is 0 Å². The van der Waals surface area contributed by atoms with E-state index in [-0.39, 0.29) is 11.5 Å². The van der Waals surface area contributed by atoms with Gasteiger partial charge in [-0.1, -0.05) is 24.3 Å². The van der Waals surface area contributed by atoms with Gasteiger partial charge in [-0.05, 0) is 48.5 Å². The van der Waals surface area contributed by atoms with Gasteiger partial charge < -0.3 is 14.9 Å². The minimum atomic E-state index is 0.0799. The Hall–Kier alpha value is -3.93. The molecule has 4 aromatic rings. The van der Waals surface area contributed by atoms with Crippen molar-refractivity contribution in [1.29, 1.82) is 0 Å². The first-order valence-corrected chi connectivity index (χ1v) is 8.63. The highest BCUT2D eigenvalue weighted by atomic mass is 16.5. The van der Waals surface area contributed by atoms with E-state index in [1.807, 2.05) is 30.3 Å². The highest BCUT2D eigenvalue weighted by molar-refractivity contribution is 5.71. The summed E-state index contributed by atoms with van der Waals surface area (Å²) < 4.78 is 5.45. The maximum atomic E-state index is 10.3. The van der Waals surface area contributed by atoms with Crippen molar-refractivity contribution in [3.63, 3.8) is 0 Å². The molecule has 1 aromatic heterocycles. The first-order chi connectivity index (χ1) is 13.7. The fraction of sp³-hybridized carbons (Fsp3) is 0.0455. The zero-order valence-corrected chi connectivity index (χ0v) is 15.1. The number of nitrogens with zero attached hydrogens (tertiary/aromatic N) is 3. The Labute approximate surface area is 161 Å². The molecule has 0 bridgehead atoms. The van der Waals surface area contributed by atoms with Gasteiger partial charge in [0.1, 0.15) is 17.2 Å². The lowest BCUT2D eigenvalue weighted by Gasteiger charge is -2.11. The molecule has 0 saturated carbocycles. The number of aromatic hydroxyl groups is 2. The van der Waals surface area contributed by atoms with Crippen molar-refractivity contribution in [3.05, 3.63) is 72.8 Å². The molecule has 0 saturated heterocycles. The normalized spacial score (nSPS) is 10.6. The summed E-state index contributed by atoms with van der Waals surface area (Å²) in [6.45, 7) is 0. The summed E-state index contributed by atoms with van der Waals surface area (Å²) in [7, 11) is 1.59. The van der Waals surface area contributed by atoms with E-state index < -0.39 is 0 Å². The van der Waals surface area contributed by atoms with Crippen LogP contribution in [-0.4, -0.2) is 32.3 Å². The van der Waals surface area contributed by atoms with Gasteiger partial charge in [0.15, 0.2) is 17.5 Å². The number of benzene rings is 3. The first-order valence-electron chi connectivity index (χ1n) is 8.63. The predicted molar refractivity (Wildman–Crippen MR) is 106 cm³/mol. The molecule has 0 radical (unpaired) electrons. The predicted octanol–water partition coefficient (Wildman–Crippen LogP) is 4.29. The molecule has 0 spiro atoms. The third-order valence-electron chi connectivity index (χ3n) is 4.25. The number of hydrogen-bond donors (Lipinski definition) is 2. The maximum absolute atomic E-state index is 10.3. The van der Waals surface area contributed by atoms with Crippen LogP contribution in [0, 0.1) is 0 Å². The molecular weight excluding hydrogens is 354 g/mol. The zero-order chi connectivity index (χ0) is 19.5. The molecule has 0 aliphatic rings. The third kappa shape index (κ3) is 3.35. The molecule has 6 nitrogen and oxygen atoms in total. The Kier molecular flexibility index (Phi) is 4.60. The quantitative estimate of drug-likeness (QED) is 0.556. The molecule has 4 rings (SSSR count). The average molecular weight is 371 g/mol. The minimum absolute atomic E-state index is 0.0799. The zero-order valence-electron chi connectivity index (χ0n) is 15.1. The SMILES string of the molecule is COc1ccccc1-c1nc(-c2ccc(O)cc2)nc(-c2ccccc2O)n1. The highest BCUT2D eigenvalue weighted by Crippen LogP contribution is 2.32. The largest absolute Gasteiger partial charge is 0.508 e. The standard InChI is InChI=1S/C22H17N3O3/c1-28-19-9-5-3-7-17(19)22-24-20(14-10-12-15(26)13-11-14)23-21(25-22)16-6-2-4-8-18(16)27/h2-13,26-27H,1H3. The van der Waals surface area contributed by atoms with Crippen LogP contribution < -0.4 is 4.74 Å². The Morgan fingerprint density at radius 3 is 1.89 bits per heavy atom. The molecular formula is C22H17N3O3. The van der Waals surface area contributed by atoms with Gasteiger partial charge in [0.05, 0.1) is 18.2 Å². The number of phenols is 2. The molecule has 0 atom stereocenters. The molecule has 0 fully saturated rings. The van der Waals surface area contributed by atoms with Crippen molar-refractivity contribution < 1.29 is 14.9 Å². The van der Waals surface area contributed by atoms with Crippen molar-refractivity contribution in [1.82, 2.24) is 15.0 Å². The van der Waals surface area contributed by atoms with Crippen molar-refractivity contribution >= 4 is 0 Å². The number of aromatic nitrogens is 3. The average Bonchev–Trinajstić information content (AvgIpc) is 2.74. The van der Waals surface area contributed by atoms with Gasteiger partial charge in [0.2, 0.25) is 0 Å². The summed E-state index contributed by atoms with van der Waals surface area (Å²) in [6, 6.07) is 20.9. The Balaban J connectivity index is 1.96. The lowest BCUT2D eigenvalue weighted by Crippen LogP contribution is -2.01. The van der Waals surface area contributed by atoms with Crippen molar-refractivity contribution in [3.8, 4) is 51.4 Å². The van der Waals surface area contributed by atoms with Gasteiger partial charge >= 0.3 is 0 Å². The molecule has 0 unspecified atom stereocenters. The smallest absolute Gasteiger partial charge is 0.167 e. The maximum Gasteiger partial charge on any atom is 0.167 e. The van der Waals surface area contributed by atoms with E-state index >= 15 is 0 Å². The third-order valence-corrected chi connectivity index (χ3v) is 4.25. The summed E-state index contributed by atoms with van der Waals surface area (Å²) in [5.74, 6) is 2.06. The minimum Gasteiger partial charge on any atom is -0.508 e. The molecule has 138 valence electrons. The van der Waals surface area contributed by atoms with Crippen LogP contribution in [0.3, 0.4) is 0 Å². The second-order valence-electron chi connectivity index (χ2n) is 6.07. The molecule has 28 heavy (non-hydrogen) atoms. The second-order valence-corrected chi connectivity index (χ2v) is 6.07. The summed E-state index contributed by atoms with van der Waals surface area (Å²) in [4.78, 5) is 13.7. The van der Waals surface area contributed by atoms with Crippen molar-refractivity contribution in [2.75, 3.05) is 7.11 Å². The second kappa shape index (κ2) is 7.36. The summed E-state index contributed by atoms with van der Waals surface area (Å²) in [5, 5.41) is 19.8. The molecule has 2 N–H and O–H groups in total. The number of rotatable bonds is 4. The van der Waals surface area contributed by atoms with Crippen LogP contribution in [0.25, 0.3) is 34.2 Å². The van der Waals surface area contributed by atoms with Crippen LogP contribution in [0.1, 0.15) is 0 Å². The fourth-order valence-electron chi connectivity index (χ4n) is 2.85. The van der Waals surface area contributed by atoms with E-state index in [4.69, 9.17) is 4.74 Å². The number of methoxy groups -OCH3 is 1. The number of hydrogen-bond acceptors (Lipinski definition) is 6. The number of para-hydroxylation sites is 2. The van der Waals surface area contributed by atoms with Gasteiger partial charge in [0.25, 0.3) is 0 Å². The van der Waals surface area contributed by atoms with Crippen LogP contribution in [-0.2, 0) is 0 Å². The van der Waals surface area contributed by atoms with Gasteiger partial charge in [-0.3, -0.25) is 0 Å². The molecule has 0 aliphatic heterocycles. The fourth-order valence-corrected chi connectivity index (χ4v) is 2.85. The van der Waals surface area contributed by atoms with Crippen molar-refractivity contribution in [2.24, 2.45) is 0 Å². The monoisotopic (exact) mass is 371 g/mol. The summed E-state index contributed by atoms with van der Waals surface area (Å²) >= 11 is 0. The van der Waals surface area contributed by atoms with Crippen molar-refractivity contribution in [2.45, 2.75) is 0 Å². The topological polar surface area (TPSA) is 88.4 Å². The van der Waals surface area contributed by atoms with Gasteiger partial charge in [0, 0.05) is 5.56 Å². The van der Waals surface area contributed by atoms with E-state index in [9.17, 15) is 10.2 Å². The molecule has 1 heterocycles. The highest BCUT2D eigenvalue weighted by Gasteiger charge is 2.16. The van der Waals surface area contributed by atoms with E-state index in [0.29, 0.717) is 39.9 Å². The van der Waals surface area contributed by atoms with Gasteiger partial charge in [-0.2, -0.15) is 0 Å². The van der Waals surface area contributed by atoms with E-state index in [2.05, 4.69) is 15.0 Å². The Morgan fingerprint density at radius 1 is 0.643 bits per heavy atom. The summed E-state index contributed by atoms with van der Waals surface area (Å²) in [6.07, 6.45) is 0. The molecule has 6 heteroatoms. The lowest BCUT2D eigenvalue weighted by atomic mass is 10.1. The molecule has 0 amide bonds. The molecule has 3 aromatic carbocycles. The number of phenolic OH excluding ortho intramolecular Hbond substituents is 2. The van der Waals surface area contributed by atoms with Crippen LogP contribution in [0.5, 0.6) is 17.2 Å². The van der Waals surface area contributed by atoms with Crippen LogP contribution in [0.4, 0.5) is 0 Å². The van der Waals surface area contributed by atoms with Gasteiger partial charge in [-0.25, -0.2) is 15.0 Å². The van der Waals surface area contributed by atoms with Crippen LogP contribution in [0.15, 0.2) is 72.8 Å². The van der Waals surface area contributed by atoms with Gasteiger partial charge in [-0.15, -0.1) is 0 Å². The summed E-state index contributed by atoms with van der Waals surface area (Å²) in [5.41, 5.74) is 1.93. The lowest BCUT2D eigenvalue weighted by molar-refractivity contribution is 0.416.